The first-order valence-electron chi connectivity index (χ1n) is 7.57. The van der Waals surface area contributed by atoms with Crippen molar-refractivity contribution in [1.82, 2.24) is 0 Å². The number of hydrogen-bond acceptors (Lipinski definition) is 0. The molecule has 102 valence electrons. The molecule has 0 aliphatic carbocycles. The number of benzene rings is 1. The van der Waals surface area contributed by atoms with Crippen molar-refractivity contribution in [3.63, 3.8) is 0 Å². The summed E-state index contributed by atoms with van der Waals surface area (Å²) < 4.78 is 1.34. The molecular weight excluding hydrogens is 331 g/mol. The van der Waals surface area contributed by atoms with Crippen LogP contribution in [0.2, 0.25) is 0 Å². The normalized spacial score (nSPS) is 10.8. The summed E-state index contributed by atoms with van der Waals surface area (Å²) in [6.07, 6.45) is 14.0. The average Bonchev–Trinajstić information content (AvgIpc) is 2.39. The Hall–Kier alpha value is -0.0500. The second-order valence-corrected chi connectivity index (χ2v) is 6.45. The summed E-state index contributed by atoms with van der Waals surface area (Å²) in [6, 6.07) is 8.96. The summed E-state index contributed by atoms with van der Waals surface area (Å²) >= 11 is 2.37. The van der Waals surface area contributed by atoms with Crippen molar-refractivity contribution in [1.29, 1.82) is 0 Å². The second kappa shape index (κ2) is 10.8. The number of halogens is 1. The van der Waals surface area contributed by atoms with Gasteiger partial charge < -0.3 is 0 Å². The third-order valence-electron chi connectivity index (χ3n) is 3.48. The van der Waals surface area contributed by atoms with Gasteiger partial charge in [0.15, 0.2) is 0 Å². The van der Waals surface area contributed by atoms with Crippen LogP contribution >= 0.6 is 22.6 Å². The molecule has 0 N–H and O–H groups in total. The molecule has 0 nitrogen and oxygen atoms in total. The van der Waals surface area contributed by atoms with E-state index in [0.717, 1.165) is 0 Å². The molecule has 0 amide bonds. The first-order valence-corrected chi connectivity index (χ1v) is 8.65. The monoisotopic (exact) mass is 358 g/mol. The van der Waals surface area contributed by atoms with Gasteiger partial charge in [-0.3, -0.25) is 0 Å². The van der Waals surface area contributed by atoms with E-state index in [9.17, 15) is 0 Å². The molecule has 0 aromatic heterocycles. The minimum atomic E-state index is 1.26. The highest BCUT2D eigenvalue weighted by Crippen LogP contribution is 2.13. The summed E-state index contributed by atoms with van der Waals surface area (Å²) in [7, 11) is 0. The van der Waals surface area contributed by atoms with E-state index in [1.807, 2.05) is 0 Å². The van der Waals surface area contributed by atoms with Gasteiger partial charge in [-0.05, 0) is 53.1 Å². The van der Waals surface area contributed by atoms with Crippen LogP contribution in [0.3, 0.4) is 0 Å². The van der Waals surface area contributed by atoms with Crippen LogP contribution in [0.4, 0.5) is 0 Å². The second-order valence-electron chi connectivity index (χ2n) is 5.20. The number of rotatable bonds is 10. The molecule has 0 unspecified atom stereocenters. The van der Waals surface area contributed by atoms with Gasteiger partial charge in [-0.2, -0.15) is 0 Å². The van der Waals surface area contributed by atoms with E-state index >= 15 is 0 Å². The molecule has 0 bridgehead atoms. The summed E-state index contributed by atoms with van der Waals surface area (Å²) in [5.74, 6) is 0. The number of unbranched alkanes of at least 4 members (excludes halogenated alkanes) is 8. The van der Waals surface area contributed by atoms with Crippen molar-refractivity contribution < 1.29 is 0 Å². The smallest absolute Gasteiger partial charge is 0.0130 e. The topological polar surface area (TPSA) is 0 Å². The van der Waals surface area contributed by atoms with E-state index in [-0.39, 0.29) is 0 Å². The lowest BCUT2D eigenvalue weighted by Crippen LogP contribution is -1.86. The average molecular weight is 358 g/mol. The largest absolute Gasteiger partial charge is 0.0654 e. The molecule has 1 aromatic carbocycles. The highest BCUT2D eigenvalue weighted by molar-refractivity contribution is 14.1. The van der Waals surface area contributed by atoms with Crippen LogP contribution < -0.4 is 0 Å². The molecule has 1 rings (SSSR count). The molecule has 0 spiro atoms. The standard InChI is InChI=1S/C17H27I/c1-2-3-4-5-6-7-8-9-10-11-16-12-14-17(18)15-13-16/h12-15H,2-11H2,1H3. The van der Waals surface area contributed by atoms with Crippen LogP contribution in [0.5, 0.6) is 0 Å². The van der Waals surface area contributed by atoms with E-state index in [0.29, 0.717) is 0 Å². The molecule has 1 aromatic rings. The predicted molar refractivity (Wildman–Crippen MR) is 90.1 cm³/mol. The Kier molecular flexibility index (Phi) is 9.63. The summed E-state index contributed by atoms with van der Waals surface area (Å²) in [5.41, 5.74) is 1.50. The number of aryl methyl sites for hydroxylation is 1. The van der Waals surface area contributed by atoms with Gasteiger partial charge in [0, 0.05) is 3.57 Å². The fourth-order valence-electron chi connectivity index (χ4n) is 2.29. The van der Waals surface area contributed by atoms with Crippen molar-refractivity contribution in [2.24, 2.45) is 0 Å². The molecule has 18 heavy (non-hydrogen) atoms. The van der Waals surface area contributed by atoms with Crippen LogP contribution in [0.15, 0.2) is 24.3 Å². The van der Waals surface area contributed by atoms with Gasteiger partial charge in [-0.15, -0.1) is 0 Å². The molecule has 0 atom stereocenters. The van der Waals surface area contributed by atoms with Gasteiger partial charge in [0.05, 0.1) is 0 Å². The highest BCUT2D eigenvalue weighted by Gasteiger charge is 1.95. The number of hydrogen-bond donors (Lipinski definition) is 0. The lowest BCUT2D eigenvalue weighted by Gasteiger charge is -2.03. The third-order valence-corrected chi connectivity index (χ3v) is 4.20. The Morgan fingerprint density at radius 3 is 1.78 bits per heavy atom. The molecule has 0 saturated carbocycles. The molecule has 0 heterocycles. The summed E-state index contributed by atoms with van der Waals surface area (Å²) in [6.45, 7) is 2.28. The van der Waals surface area contributed by atoms with Crippen molar-refractivity contribution in [3.05, 3.63) is 33.4 Å². The lowest BCUT2D eigenvalue weighted by atomic mass is 10.0. The van der Waals surface area contributed by atoms with Gasteiger partial charge in [0.2, 0.25) is 0 Å². The molecule has 0 fully saturated rings. The first-order chi connectivity index (χ1) is 8.83. The van der Waals surface area contributed by atoms with Crippen molar-refractivity contribution in [2.45, 2.75) is 71.1 Å². The van der Waals surface area contributed by atoms with Gasteiger partial charge in [0.1, 0.15) is 0 Å². The zero-order valence-corrected chi connectivity index (χ0v) is 13.9. The van der Waals surface area contributed by atoms with E-state index in [1.165, 1.54) is 73.3 Å². The summed E-state index contributed by atoms with van der Waals surface area (Å²) in [5, 5.41) is 0. The van der Waals surface area contributed by atoms with Gasteiger partial charge >= 0.3 is 0 Å². The fraction of sp³-hybridized carbons (Fsp3) is 0.647. The molecule has 0 aliphatic heterocycles. The summed E-state index contributed by atoms with van der Waals surface area (Å²) in [4.78, 5) is 0. The third kappa shape index (κ3) is 8.12. The van der Waals surface area contributed by atoms with Crippen LogP contribution in [-0.2, 0) is 6.42 Å². The van der Waals surface area contributed by atoms with Crippen molar-refractivity contribution in [2.75, 3.05) is 0 Å². The zero-order valence-electron chi connectivity index (χ0n) is 11.8. The fourth-order valence-corrected chi connectivity index (χ4v) is 2.65. The Labute approximate surface area is 127 Å². The minimum Gasteiger partial charge on any atom is -0.0654 e. The van der Waals surface area contributed by atoms with Crippen LogP contribution in [0, 0.1) is 3.57 Å². The highest BCUT2D eigenvalue weighted by atomic mass is 127. The SMILES string of the molecule is CCCCCCCCCCCc1ccc(I)cc1. The molecule has 1 heteroatoms. The van der Waals surface area contributed by atoms with E-state index in [4.69, 9.17) is 0 Å². The molecule has 0 radical (unpaired) electrons. The van der Waals surface area contributed by atoms with Crippen LogP contribution in [-0.4, -0.2) is 0 Å². The first kappa shape index (κ1) is 16.0. The van der Waals surface area contributed by atoms with Crippen LogP contribution in [0.25, 0.3) is 0 Å². The Morgan fingerprint density at radius 1 is 0.722 bits per heavy atom. The van der Waals surface area contributed by atoms with Gasteiger partial charge in [-0.1, -0.05) is 70.4 Å². The Bertz CT molecular complexity index is 289. The maximum absolute atomic E-state index is 2.37. The molecular formula is C17H27I. The van der Waals surface area contributed by atoms with Crippen LogP contribution in [0.1, 0.15) is 70.3 Å². The van der Waals surface area contributed by atoms with E-state index in [1.54, 1.807) is 0 Å². The van der Waals surface area contributed by atoms with Gasteiger partial charge in [-0.25, -0.2) is 0 Å². The predicted octanol–water partition coefficient (Wildman–Crippen LogP) is 6.36. The lowest BCUT2D eigenvalue weighted by molar-refractivity contribution is 0.565. The van der Waals surface area contributed by atoms with E-state index < -0.39 is 0 Å². The maximum atomic E-state index is 2.37. The van der Waals surface area contributed by atoms with Crippen molar-refractivity contribution in [3.8, 4) is 0 Å². The maximum Gasteiger partial charge on any atom is 0.0130 e. The quantitative estimate of drug-likeness (QED) is 0.337. The zero-order chi connectivity index (χ0) is 13.1. The van der Waals surface area contributed by atoms with E-state index in [2.05, 4.69) is 53.8 Å². The van der Waals surface area contributed by atoms with Crippen molar-refractivity contribution >= 4 is 22.6 Å². The minimum absolute atomic E-state index is 1.26. The van der Waals surface area contributed by atoms with Gasteiger partial charge in [0.25, 0.3) is 0 Å². The molecule has 0 aliphatic rings. The Balaban J connectivity index is 1.91. The Morgan fingerprint density at radius 2 is 1.22 bits per heavy atom. The molecule has 0 saturated heterocycles.